The monoisotopic (exact) mass is 345 g/mol. The van der Waals surface area contributed by atoms with E-state index in [1.54, 1.807) is 0 Å². The number of hydrogen-bond donors (Lipinski definition) is 3. The Balaban J connectivity index is 2.27. The lowest BCUT2D eigenvalue weighted by atomic mass is 10.1. The Morgan fingerprint density at radius 3 is 2.44 bits per heavy atom. The highest BCUT2D eigenvalue weighted by Gasteiger charge is 2.09. The van der Waals surface area contributed by atoms with E-state index < -0.39 is 0 Å². The molecule has 0 aromatic heterocycles. The van der Waals surface area contributed by atoms with Gasteiger partial charge in [-0.05, 0) is 51.3 Å². The number of carbonyl (C=O) groups is 2. The van der Waals surface area contributed by atoms with Crippen molar-refractivity contribution in [3.05, 3.63) is 29.8 Å². The molecule has 6 heteroatoms. The molecule has 3 N–H and O–H groups in total. The molecule has 0 saturated heterocycles. The minimum absolute atomic E-state index is 0.0136. The fraction of sp³-hybridized carbons (Fsp3) is 0.474. The summed E-state index contributed by atoms with van der Waals surface area (Å²) in [5.41, 5.74) is 1.18. The molecule has 1 aromatic carbocycles. The molecule has 0 bridgehead atoms. The lowest BCUT2D eigenvalue weighted by Crippen LogP contribution is -2.45. The molecule has 0 aliphatic rings. The van der Waals surface area contributed by atoms with E-state index >= 15 is 0 Å². The minimum atomic E-state index is -0.371. The van der Waals surface area contributed by atoms with Gasteiger partial charge in [0.25, 0.3) is 0 Å². The van der Waals surface area contributed by atoms with Crippen molar-refractivity contribution >= 4 is 11.9 Å². The van der Waals surface area contributed by atoms with E-state index in [1.165, 1.54) is 5.56 Å². The number of nitrogens with one attached hydrogen (secondary N) is 3. The number of benzene rings is 1. The smallest absolute Gasteiger partial charge is 0.315 e. The molecule has 0 aliphatic carbocycles. The van der Waals surface area contributed by atoms with Crippen molar-refractivity contribution in [1.29, 1.82) is 0 Å². The van der Waals surface area contributed by atoms with Crippen LogP contribution in [0.2, 0.25) is 0 Å². The Morgan fingerprint density at radius 2 is 1.84 bits per heavy atom. The zero-order valence-corrected chi connectivity index (χ0v) is 15.1. The van der Waals surface area contributed by atoms with Crippen molar-refractivity contribution < 1.29 is 14.3 Å². The summed E-state index contributed by atoms with van der Waals surface area (Å²) in [6, 6.07) is 7.58. The SMILES string of the molecule is C#CCNC(=O)CNC(=O)N[C@H](C)CCc1ccc(OC(C)C)cc1. The molecule has 0 heterocycles. The molecule has 0 fully saturated rings. The Kier molecular flexibility index (Phi) is 8.94. The van der Waals surface area contributed by atoms with Crippen LogP contribution in [0.25, 0.3) is 0 Å². The standard InChI is InChI=1S/C19H27N3O3/c1-5-12-20-18(23)13-21-19(24)22-15(4)6-7-16-8-10-17(11-9-16)25-14(2)3/h1,8-11,14-15H,6-7,12-13H2,2-4H3,(H,20,23)(H2,21,22,24)/t15-/m1/s1. The van der Waals surface area contributed by atoms with Crippen LogP contribution in [0.1, 0.15) is 32.8 Å². The molecule has 25 heavy (non-hydrogen) atoms. The second kappa shape index (κ2) is 11.0. The summed E-state index contributed by atoms with van der Waals surface area (Å²) in [6.07, 6.45) is 6.82. The molecule has 0 radical (unpaired) electrons. The van der Waals surface area contributed by atoms with Gasteiger partial charge < -0.3 is 20.7 Å². The quantitative estimate of drug-likeness (QED) is 0.598. The van der Waals surface area contributed by atoms with Crippen molar-refractivity contribution in [2.24, 2.45) is 0 Å². The van der Waals surface area contributed by atoms with E-state index in [2.05, 4.69) is 21.9 Å². The maximum absolute atomic E-state index is 11.7. The second-order valence-corrected chi connectivity index (χ2v) is 6.06. The lowest BCUT2D eigenvalue weighted by molar-refractivity contribution is -0.119. The van der Waals surface area contributed by atoms with Gasteiger partial charge in [-0.3, -0.25) is 4.79 Å². The third-order valence-electron chi connectivity index (χ3n) is 3.34. The number of urea groups is 1. The van der Waals surface area contributed by atoms with Crippen molar-refractivity contribution in [2.75, 3.05) is 13.1 Å². The van der Waals surface area contributed by atoms with Crippen LogP contribution in [0, 0.1) is 12.3 Å². The van der Waals surface area contributed by atoms with Gasteiger partial charge in [-0.1, -0.05) is 18.1 Å². The first-order valence-electron chi connectivity index (χ1n) is 8.40. The van der Waals surface area contributed by atoms with E-state index in [0.29, 0.717) is 0 Å². The number of hydrogen-bond acceptors (Lipinski definition) is 3. The van der Waals surface area contributed by atoms with Crippen molar-refractivity contribution in [2.45, 2.75) is 45.8 Å². The largest absolute Gasteiger partial charge is 0.491 e. The average Bonchev–Trinajstić information content (AvgIpc) is 2.57. The van der Waals surface area contributed by atoms with Crippen LogP contribution in [-0.4, -0.2) is 37.2 Å². The summed E-state index contributed by atoms with van der Waals surface area (Å²) in [5, 5.41) is 7.78. The maximum Gasteiger partial charge on any atom is 0.315 e. The molecule has 1 atom stereocenters. The summed E-state index contributed by atoms with van der Waals surface area (Å²) in [7, 11) is 0. The van der Waals surface area contributed by atoms with Crippen molar-refractivity contribution in [1.82, 2.24) is 16.0 Å². The molecule has 136 valence electrons. The summed E-state index contributed by atoms with van der Waals surface area (Å²) < 4.78 is 5.61. The van der Waals surface area contributed by atoms with Crippen molar-refractivity contribution in [3.63, 3.8) is 0 Å². The van der Waals surface area contributed by atoms with Crippen LogP contribution in [-0.2, 0) is 11.2 Å². The van der Waals surface area contributed by atoms with Crippen LogP contribution in [0.3, 0.4) is 0 Å². The average molecular weight is 345 g/mol. The molecule has 0 unspecified atom stereocenters. The van der Waals surface area contributed by atoms with Gasteiger partial charge in [-0.2, -0.15) is 0 Å². The zero-order chi connectivity index (χ0) is 18.7. The number of carbonyl (C=O) groups excluding carboxylic acids is 2. The fourth-order valence-electron chi connectivity index (χ4n) is 2.11. The fourth-order valence-corrected chi connectivity index (χ4v) is 2.11. The van der Waals surface area contributed by atoms with Gasteiger partial charge in [-0.25, -0.2) is 4.79 Å². The predicted molar refractivity (Wildman–Crippen MR) is 98.4 cm³/mol. The number of rotatable bonds is 9. The van der Waals surface area contributed by atoms with Gasteiger partial charge in [0.15, 0.2) is 0 Å². The highest BCUT2D eigenvalue weighted by atomic mass is 16.5. The first-order valence-corrected chi connectivity index (χ1v) is 8.40. The Bertz CT molecular complexity index is 591. The maximum atomic E-state index is 11.7. The van der Waals surface area contributed by atoms with Crippen LogP contribution >= 0.6 is 0 Å². The van der Waals surface area contributed by atoms with E-state index in [4.69, 9.17) is 11.2 Å². The highest BCUT2D eigenvalue weighted by molar-refractivity contribution is 5.84. The van der Waals surface area contributed by atoms with Gasteiger partial charge in [0.05, 0.1) is 19.2 Å². The van der Waals surface area contributed by atoms with Crippen LogP contribution in [0.5, 0.6) is 5.75 Å². The lowest BCUT2D eigenvalue weighted by Gasteiger charge is -2.15. The first kappa shape index (κ1) is 20.4. The molecule has 1 rings (SSSR count). The van der Waals surface area contributed by atoms with Gasteiger partial charge in [0.1, 0.15) is 5.75 Å². The molecule has 0 saturated carbocycles. The van der Waals surface area contributed by atoms with Gasteiger partial charge in [-0.15, -0.1) is 6.42 Å². The third kappa shape index (κ3) is 9.26. The molecule has 0 spiro atoms. The Morgan fingerprint density at radius 1 is 1.16 bits per heavy atom. The molecular weight excluding hydrogens is 318 g/mol. The van der Waals surface area contributed by atoms with E-state index in [-0.39, 0.29) is 37.2 Å². The van der Waals surface area contributed by atoms with E-state index in [1.807, 2.05) is 45.0 Å². The highest BCUT2D eigenvalue weighted by Crippen LogP contribution is 2.15. The predicted octanol–water partition coefficient (Wildman–Crippen LogP) is 1.84. The first-order chi connectivity index (χ1) is 11.9. The Labute approximate surface area is 149 Å². The summed E-state index contributed by atoms with van der Waals surface area (Å²) in [6.45, 7) is 5.96. The van der Waals surface area contributed by atoms with Crippen LogP contribution in [0.4, 0.5) is 4.79 Å². The van der Waals surface area contributed by atoms with Crippen LogP contribution in [0.15, 0.2) is 24.3 Å². The zero-order valence-electron chi connectivity index (χ0n) is 15.1. The molecule has 0 aliphatic heterocycles. The van der Waals surface area contributed by atoms with Crippen molar-refractivity contribution in [3.8, 4) is 18.1 Å². The molecule has 1 aromatic rings. The molecular formula is C19H27N3O3. The topological polar surface area (TPSA) is 79.5 Å². The number of amides is 3. The summed E-state index contributed by atoms with van der Waals surface area (Å²) in [5.74, 6) is 2.83. The number of terminal acetylenes is 1. The van der Waals surface area contributed by atoms with Gasteiger partial charge >= 0.3 is 6.03 Å². The second-order valence-electron chi connectivity index (χ2n) is 6.06. The van der Waals surface area contributed by atoms with Crippen LogP contribution < -0.4 is 20.7 Å². The normalized spacial score (nSPS) is 11.3. The number of aryl methyl sites for hydroxylation is 1. The van der Waals surface area contributed by atoms with Gasteiger partial charge in [0.2, 0.25) is 5.91 Å². The molecule has 6 nitrogen and oxygen atoms in total. The Hall–Kier alpha value is -2.68. The summed E-state index contributed by atoms with van der Waals surface area (Å²) >= 11 is 0. The number of ether oxygens (including phenoxy) is 1. The van der Waals surface area contributed by atoms with E-state index in [9.17, 15) is 9.59 Å². The van der Waals surface area contributed by atoms with Gasteiger partial charge in [0, 0.05) is 6.04 Å². The summed E-state index contributed by atoms with van der Waals surface area (Å²) in [4.78, 5) is 23.1. The molecule has 3 amide bonds. The third-order valence-corrected chi connectivity index (χ3v) is 3.34. The minimum Gasteiger partial charge on any atom is -0.491 e. The van der Waals surface area contributed by atoms with E-state index in [0.717, 1.165) is 18.6 Å².